The molecule has 0 radical (unpaired) electrons. The second-order valence-electron chi connectivity index (χ2n) is 3.99. The monoisotopic (exact) mass is 272 g/mol. The van der Waals surface area contributed by atoms with E-state index in [1.165, 1.54) is 12.1 Å². The number of aromatic nitrogens is 2. The van der Waals surface area contributed by atoms with Crippen molar-refractivity contribution in [2.24, 2.45) is 0 Å². The molecule has 0 atom stereocenters. The first-order valence-electron chi connectivity index (χ1n) is 5.61. The van der Waals surface area contributed by atoms with Gasteiger partial charge in [0.1, 0.15) is 11.9 Å². The van der Waals surface area contributed by atoms with Gasteiger partial charge in [0.15, 0.2) is 4.96 Å². The van der Waals surface area contributed by atoms with Crippen LogP contribution in [-0.4, -0.2) is 9.38 Å². The fourth-order valence-electron chi connectivity index (χ4n) is 1.77. The zero-order valence-electron chi connectivity index (χ0n) is 9.80. The Kier molecular flexibility index (Phi) is 2.89. The van der Waals surface area contributed by atoms with Crippen molar-refractivity contribution in [3.8, 4) is 6.07 Å². The SMILES string of the molecule is N#Cc1cc(NCc2cn3ccsc3n2)ccc1F. The molecule has 3 rings (SSSR count). The van der Waals surface area contributed by atoms with Crippen LogP contribution in [0.3, 0.4) is 0 Å². The van der Waals surface area contributed by atoms with Gasteiger partial charge in [0.05, 0.1) is 17.8 Å². The number of benzene rings is 1. The Labute approximate surface area is 112 Å². The Morgan fingerprint density at radius 2 is 2.37 bits per heavy atom. The Morgan fingerprint density at radius 3 is 3.16 bits per heavy atom. The van der Waals surface area contributed by atoms with E-state index in [1.54, 1.807) is 17.4 Å². The van der Waals surface area contributed by atoms with Crippen LogP contribution in [0, 0.1) is 17.1 Å². The van der Waals surface area contributed by atoms with Gasteiger partial charge in [-0.05, 0) is 18.2 Å². The summed E-state index contributed by atoms with van der Waals surface area (Å²) in [6.07, 6.45) is 3.88. The quantitative estimate of drug-likeness (QED) is 0.797. The van der Waals surface area contributed by atoms with Crippen molar-refractivity contribution in [3.05, 3.63) is 53.0 Å². The summed E-state index contributed by atoms with van der Waals surface area (Å²) in [6.45, 7) is 0.533. The van der Waals surface area contributed by atoms with E-state index in [4.69, 9.17) is 5.26 Å². The lowest BCUT2D eigenvalue weighted by molar-refractivity contribution is 0.624. The Balaban J connectivity index is 1.75. The minimum absolute atomic E-state index is 0.0378. The lowest BCUT2D eigenvalue weighted by Crippen LogP contribution is -2.00. The number of nitrogens with zero attached hydrogens (tertiary/aromatic N) is 3. The van der Waals surface area contributed by atoms with E-state index in [0.717, 1.165) is 10.7 Å². The molecule has 0 amide bonds. The van der Waals surface area contributed by atoms with Crippen LogP contribution in [0.5, 0.6) is 0 Å². The van der Waals surface area contributed by atoms with E-state index in [9.17, 15) is 4.39 Å². The topological polar surface area (TPSA) is 53.1 Å². The number of imidazole rings is 1. The van der Waals surface area contributed by atoms with Gasteiger partial charge in [-0.2, -0.15) is 5.26 Å². The minimum atomic E-state index is -0.504. The second kappa shape index (κ2) is 4.71. The highest BCUT2D eigenvalue weighted by Crippen LogP contribution is 2.16. The average molecular weight is 272 g/mol. The van der Waals surface area contributed by atoms with Crippen molar-refractivity contribution in [2.75, 3.05) is 5.32 Å². The van der Waals surface area contributed by atoms with Gasteiger partial charge in [-0.15, -0.1) is 11.3 Å². The third-order valence-electron chi connectivity index (χ3n) is 2.70. The van der Waals surface area contributed by atoms with E-state index in [-0.39, 0.29) is 5.56 Å². The molecule has 2 aromatic heterocycles. The summed E-state index contributed by atoms with van der Waals surface area (Å²) in [5, 5.41) is 13.9. The van der Waals surface area contributed by atoms with Crippen molar-refractivity contribution in [1.29, 1.82) is 5.26 Å². The lowest BCUT2D eigenvalue weighted by atomic mass is 10.2. The zero-order valence-corrected chi connectivity index (χ0v) is 10.6. The van der Waals surface area contributed by atoms with Crippen LogP contribution in [0.4, 0.5) is 10.1 Å². The number of anilines is 1. The Morgan fingerprint density at radius 1 is 1.47 bits per heavy atom. The minimum Gasteiger partial charge on any atom is -0.379 e. The van der Waals surface area contributed by atoms with Gasteiger partial charge in [-0.25, -0.2) is 9.37 Å². The average Bonchev–Trinajstić information content (AvgIpc) is 2.98. The van der Waals surface area contributed by atoms with E-state index < -0.39 is 5.82 Å². The third-order valence-corrected chi connectivity index (χ3v) is 3.47. The standard InChI is InChI=1S/C13H9FN4S/c14-12-2-1-10(5-9(12)6-15)16-7-11-8-18-3-4-19-13(18)17-11/h1-5,8,16H,7H2. The van der Waals surface area contributed by atoms with E-state index in [1.807, 2.05) is 28.2 Å². The predicted octanol–water partition coefficient (Wildman–Crippen LogP) is 3.02. The van der Waals surface area contributed by atoms with Gasteiger partial charge in [0.2, 0.25) is 0 Å². The molecule has 2 heterocycles. The molecular weight excluding hydrogens is 263 g/mol. The molecule has 94 valence electrons. The molecule has 0 unspecified atom stereocenters. The summed E-state index contributed by atoms with van der Waals surface area (Å²) in [6, 6.07) is 6.20. The molecule has 4 nitrogen and oxygen atoms in total. The second-order valence-corrected chi connectivity index (χ2v) is 4.86. The summed E-state index contributed by atoms with van der Waals surface area (Å²) in [4.78, 5) is 5.37. The van der Waals surface area contributed by atoms with Crippen LogP contribution >= 0.6 is 11.3 Å². The molecule has 0 spiro atoms. The van der Waals surface area contributed by atoms with Gasteiger partial charge in [-0.1, -0.05) is 0 Å². The normalized spacial score (nSPS) is 10.5. The van der Waals surface area contributed by atoms with Crippen molar-refractivity contribution in [3.63, 3.8) is 0 Å². The van der Waals surface area contributed by atoms with Crippen LogP contribution in [0.2, 0.25) is 0 Å². The summed E-state index contributed by atoms with van der Waals surface area (Å²) < 4.78 is 15.1. The molecule has 1 N–H and O–H groups in total. The molecule has 3 aromatic rings. The number of nitriles is 1. The zero-order chi connectivity index (χ0) is 13.2. The van der Waals surface area contributed by atoms with Crippen molar-refractivity contribution in [1.82, 2.24) is 9.38 Å². The maximum atomic E-state index is 13.2. The molecule has 6 heteroatoms. The first kappa shape index (κ1) is 11.7. The highest BCUT2D eigenvalue weighted by Gasteiger charge is 2.04. The fraction of sp³-hybridized carbons (Fsp3) is 0.0769. The van der Waals surface area contributed by atoms with Crippen LogP contribution in [-0.2, 0) is 6.54 Å². The van der Waals surface area contributed by atoms with Crippen LogP contribution < -0.4 is 5.32 Å². The van der Waals surface area contributed by atoms with Gasteiger partial charge < -0.3 is 5.32 Å². The maximum absolute atomic E-state index is 13.2. The Bertz CT molecular complexity index is 740. The van der Waals surface area contributed by atoms with Crippen molar-refractivity contribution >= 4 is 22.0 Å². The maximum Gasteiger partial charge on any atom is 0.193 e. The number of hydrogen-bond donors (Lipinski definition) is 1. The van der Waals surface area contributed by atoms with E-state index >= 15 is 0 Å². The number of hydrogen-bond acceptors (Lipinski definition) is 4. The smallest absolute Gasteiger partial charge is 0.193 e. The number of rotatable bonds is 3. The van der Waals surface area contributed by atoms with Gasteiger partial charge in [-0.3, -0.25) is 4.40 Å². The molecule has 0 saturated heterocycles. The molecule has 0 bridgehead atoms. The molecular formula is C13H9FN4S. The van der Waals surface area contributed by atoms with Crippen LogP contribution in [0.25, 0.3) is 4.96 Å². The summed E-state index contributed by atoms with van der Waals surface area (Å²) in [5.74, 6) is -0.504. The van der Waals surface area contributed by atoms with E-state index in [2.05, 4.69) is 10.3 Å². The number of nitrogens with one attached hydrogen (secondary N) is 1. The molecule has 0 fully saturated rings. The summed E-state index contributed by atoms with van der Waals surface area (Å²) in [7, 11) is 0. The molecule has 19 heavy (non-hydrogen) atoms. The number of halogens is 1. The summed E-state index contributed by atoms with van der Waals surface area (Å²) in [5.41, 5.74) is 1.64. The number of thiazole rings is 1. The van der Waals surface area contributed by atoms with Crippen molar-refractivity contribution in [2.45, 2.75) is 6.54 Å². The number of fused-ring (bicyclic) bond motifs is 1. The van der Waals surface area contributed by atoms with Crippen molar-refractivity contribution < 1.29 is 4.39 Å². The Hall–Kier alpha value is -2.39. The lowest BCUT2D eigenvalue weighted by Gasteiger charge is -2.04. The molecule has 0 aliphatic heterocycles. The first-order valence-corrected chi connectivity index (χ1v) is 6.49. The van der Waals surface area contributed by atoms with Gasteiger partial charge in [0, 0.05) is 23.5 Å². The highest BCUT2D eigenvalue weighted by atomic mass is 32.1. The molecule has 0 aliphatic carbocycles. The fourth-order valence-corrected chi connectivity index (χ4v) is 2.49. The molecule has 0 saturated carbocycles. The largest absolute Gasteiger partial charge is 0.379 e. The van der Waals surface area contributed by atoms with Crippen LogP contribution in [0.15, 0.2) is 36.0 Å². The van der Waals surface area contributed by atoms with E-state index in [0.29, 0.717) is 12.2 Å². The molecule has 0 aliphatic rings. The predicted molar refractivity (Wildman–Crippen MR) is 71.5 cm³/mol. The van der Waals surface area contributed by atoms with Gasteiger partial charge in [0.25, 0.3) is 0 Å². The van der Waals surface area contributed by atoms with Crippen LogP contribution in [0.1, 0.15) is 11.3 Å². The van der Waals surface area contributed by atoms with Gasteiger partial charge >= 0.3 is 0 Å². The third kappa shape index (κ3) is 2.28. The first-order chi connectivity index (χ1) is 9.26. The highest BCUT2D eigenvalue weighted by molar-refractivity contribution is 7.15. The summed E-state index contributed by atoms with van der Waals surface area (Å²) >= 11 is 1.57. The molecule has 1 aromatic carbocycles.